The maximum absolute atomic E-state index is 11.4. The third-order valence-electron chi connectivity index (χ3n) is 5.96. The quantitative estimate of drug-likeness (QED) is 0.589. The van der Waals surface area contributed by atoms with E-state index < -0.39 is 10.0 Å². The van der Waals surface area contributed by atoms with Gasteiger partial charge >= 0.3 is 0 Å². The summed E-state index contributed by atoms with van der Waals surface area (Å²) in [5.41, 5.74) is 1.83. The van der Waals surface area contributed by atoms with Crippen LogP contribution in [0.15, 0.2) is 40.4 Å². The lowest BCUT2D eigenvalue weighted by molar-refractivity contribution is 0.279. The van der Waals surface area contributed by atoms with E-state index in [9.17, 15) is 13.5 Å². The van der Waals surface area contributed by atoms with Gasteiger partial charge in [-0.1, -0.05) is 19.3 Å². The number of aromatic nitrogens is 3. The molecular weight excluding hydrogens is 404 g/mol. The minimum Gasteiger partial charge on any atom is -0.505 e. The molecule has 0 amide bonds. The lowest BCUT2D eigenvalue weighted by atomic mass is 9.81. The predicted molar refractivity (Wildman–Crippen MR) is 114 cm³/mol. The molecule has 1 spiro atoms. The minimum absolute atomic E-state index is 0.0357. The summed E-state index contributed by atoms with van der Waals surface area (Å²) in [5.74, 6) is 0.551. The normalized spacial score (nSPS) is 17.9. The molecule has 9 nitrogen and oxygen atoms in total. The van der Waals surface area contributed by atoms with Crippen LogP contribution in [0, 0.1) is 0 Å². The number of hydrogen-bond acceptors (Lipinski definition) is 7. The van der Waals surface area contributed by atoms with Crippen molar-refractivity contribution in [3.63, 3.8) is 0 Å². The average molecular weight is 427 g/mol. The zero-order valence-corrected chi connectivity index (χ0v) is 17.1. The van der Waals surface area contributed by atoms with E-state index >= 15 is 0 Å². The van der Waals surface area contributed by atoms with Crippen molar-refractivity contribution in [3.05, 3.63) is 36.2 Å². The number of benzene rings is 1. The molecule has 30 heavy (non-hydrogen) atoms. The summed E-state index contributed by atoms with van der Waals surface area (Å²) < 4.78 is 25.0. The van der Waals surface area contributed by atoms with Crippen molar-refractivity contribution in [2.75, 3.05) is 5.32 Å². The molecule has 1 aliphatic carbocycles. The molecule has 0 unspecified atom stereocenters. The summed E-state index contributed by atoms with van der Waals surface area (Å²) in [6, 6.07) is 6.06. The molecule has 0 saturated heterocycles. The lowest BCUT2D eigenvalue weighted by Crippen LogP contribution is -2.40. The summed E-state index contributed by atoms with van der Waals surface area (Å²) in [6.07, 6.45) is 8.99. The van der Waals surface area contributed by atoms with Crippen LogP contribution < -0.4 is 10.5 Å². The molecule has 156 valence electrons. The minimum atomic E-state index is -3.75. The topological polar surface area (TPSA) is 135 Å². The average Bonchev–Trinajstić information content (AvgIpc) is 3.02. The van der Waals surface area contributed by atoms with E-state index in [1.54, 1.807) is 18.3 Å². The van der Waals surface area contributed by atoms with Gasteiger partial charge in [-0.15, -0.1) is 0 Å². The highest BCUT2D eigenvalue weighted by molar-refractivity contribution is 7.89. The highest BCUT2D eigenvalue weighted by atomic mass is 32.2. The Morgan fingerprint density at radius 2 is 1.87 bits per heavy atom. The molecule has 1 fully saturated rings. The van der Waals surface area contributed by atoms with Crippen LogP contribution >= 0.6 is 0 Å². The third-order valence-corrected chi connectivity index (χ3v) is 6.88. The summed E-state index contributed by atoms with van der Waals surface area (Å²) >= 11 is 0. The van der Waals surface area contributed by atoms with E-state index in [4.69, 9.17) is 10.1 Å². The van der Waals surface area contributed by atoms with Gasteiger partial charge in [0.2, 0.25) is 16.0 Å². The SMILES string of the molecule is NS(=O)(=O)c1ccc(Nc2ncc3c(O)c4n(c3n2)C2(C=NC4)CCCCC2)cc1. The first-order chi connectivity index (χ1) is 14.4. The zero-order valence-electron chi connectivity index (χ0n) is 16.2. The molecule has 5 rings (SSSR count). The Bertz CT molecular complexity index is 1260. The first-order valence-corrected chi connectivity index (χ1v) is 11.4. The van der Waals surface area contributed by atoms with Gasteiger partial charge in [0.1, 0.15) is 5.75 Å². The summed E-state index contributed by atoms with van der Waals surface area (Å²) in [6.45, 7) is 0.418. The van der Waals surface area contributed by atoms with Crippen LogP contribution in [0.25, 0.3) is 11.0 Å². The molecule has 3 aromatic rings. The van der Waals surface area contributed by atoms with E-state index in [1.165, 1.54) is 18.6 Å². The van der Waals surface area contributed by atoms with Crippen LogP contribution in [0.3, 0.4) is 0 Å². The van der Waals surface area contributed by atoms with Crippen LogP contribution in [0.2, 0.25) is 0 Å². The molecule has 3 heterocycles. The van der Waals surface area contributed by atoms with Crippen molar-refractivity contribution < 1.29 is 13.5 Å². The van der Waals surface area contributed by atoms with Gasteiger partial charge in [0.15, 0.2) is 5.65 Å². The predicted octanol–water partition coefficient (Wildman–Crippen LogP) is 2.77. The maximum Gasteiger partial charge on any atom is 0.238 e. The second-order valence-electron chi connectivity index (χ2n) is 7.89. The third kappa shape index (κ3) is 3.03. The van der Waals surface area contributed by atoms with Gasteiger partial charge in [-0.05, 0) is 37.1 Å². The van der Waals surface area contributed by atoms with Gasteiger partial charge in [-0.3, -0.25) is 4.99 Å². The van der Waals surface area contributed by atoms with Crippen LogP contribution in [-0.2, 0) is 22.1 Å². The van der Waals surface area contributed by atoms with Gasteiger partial charge in [0, 0.05) is 18.1 Å². The Morgan fingerprint density at radius 1 is 1.13 bits per heavy atom. The molecule has 10 heteroatoms. The smallest absolute Gasteiger partial charge is 0.238 e. The van der Waals surface area contributed by atoms with E-state index in [1.807, 2.05) is 6.21 Å². The van der Waals surface area contributed by atoms with Crippen LogP contribution in [-0.4, -0.2) is 34.3 Å². The van der Waals surface area contributed by atoms with Crippen molar-refractivity contribution in [1.82, 2.24) is 14.5 Å². The largest absolute Gasteiger partial charge is 0.505 e. The Morgan fingerprint density at radius 3 is 2.57 bits per heavy atom. The number of hydrogen-bond donors (Lipinski definition) is 3. The fourth-order valence-electron chi connectivity index (χ4n) is 4.52. The number of aromatic hydroxyl groups is 1. The maximum atomic E-state index is 11.4. The zero-order chi connectivity index (χ0) is 20.9. The fourth-order valence-corrected chi connectivity index (χ4v) is 5.03. The molecule has 4 N–H and O–H groups in total. The van der Waals surface area contributed by atoms with E-state index in [0.717, 1.165) is 31.4 Å². The fraction of sp³-hybridized carbons (Fsp3) is 0.350. The number of primary sulfonamides is 1. The van der Waals surface area contributed by atoms with Gasteiger partial charge in [0.05, 0.1) is 28.1 Å². The summed E-state index contributed by atoms with van der Waals surface area (Å²) in [4.78, 5) is 13.6. The van der Waals surface area contributed by atoms with Gasteiger partial charge in [-0.25, -0.2) is 18.5 Å². The van der Waals surface area contributed by atoms with E-state index in [2.05, 4.69) is 19.9 Å². The Balaban J connectivity index is 1.56. The number of fused-ring (bicyclic) bond motifs is 4. The molecule has 1 aromatic carbocycles. The Labute approximate surface area is 173 Å². The molecule has 1 aliphatic heterocycles. The Hall–Kier alpha value is -2.98. The molecule has 2 aromatic heterocycles. The first kappa shape index (κ1) is 19.0. The second-order valence-corrected chi connectivity index (χ2v) is 9.45. The molecular formula is C20H22N6O3S. The van der Waals surface area contributed by atoms with Gasteiger partial charge in [0.25, 0.3) is 0 Å². The van der Waals surface area contributed by atoms with Crippen molar-refractivity contribution in [3.8, 4) is 5.75 Å². The van der Waals surface area contributed by atoms with Crippen molar-refractivity contribution in [2.24, 2.45) is 10.1 Å². The monoisotopic (exact) mass is 426 g/mol. The van der Waals surface area contributed by atoms with E-state index in [-0.39, 0.29) is 16.2 Å². The van der Waals surface area contributed by atoms with Crippen molar-refractivity contribution >= 4 is 38.9 Å². The summed E-state index contributed by atoms with van der Waals surface area (Å²) in [5, 5.41) is 19.6. The molecule has 0 atom stereocenters. The van der Waals surface area contributed by atoms with Crippen LogP contribution in [0.1, 0.15) is 37.8 Å². The number of nitrogens with zero attached hydrogens (tertiary/aromatic N) is 4. The number of aliphatic imine (C=N–C) groups is 1. The van der Waals surface area contributed by atoms with Crippen molar-refractivity contribution in [2.45, 2.75) is 49.1 Å². The molecule has 1 saturated carbocycles. The van der Waals surface area contributed by atoms with Crippen LogP contribution in [0.4, 0.5) is 11.6 Å². The summed E-state index contributed by atoms with van der Waals surface area (Å²) in [7, 11) is -3.75. The second kappa shape index (κ2) is 6.78. The molecule has 2 aliphatic rings. The standard InChI is InChI=1S/C20H22N6O3S/c21-30(28,29)14-6-4-13(5-7-14)24-19-23-10-15-17(27)16-11-22-12-20(8-2-1-3-9-20)26(16)18(15)25-19/h4-7,10,12,27H,1-3,8-9,11H2,(H2,21,28,29)(H,23,24,25). The lowest BCUT2D eigenvalue weighted by Gasteiger charge is -2.39. The van der Waals surface area contributed by atoms with Gasteiger partial charge < -0.3 is 15.0 Å². The Kier molecular flexibility index (Phi) is 4.30. The van der Waals surface area contributed by atoms with E-state index in [0.29, 0.717) is 29.2 Å². The number of nitrogens with two attached hydrogens (primary N) is 1. The number of sulfonamides is 1. The number of nitrogens with one attached hydrogen (secondary N) is 1. The van der Waals surface area contributed by atoms with Crippen LogP contribution in [0.5, 0.6) is 5.75 Å². The molecule has 0 radical (unpaired) electrons. The van der Waals surface area contributed by atoms with Crippen molar-refractivity contribution in [1.29, 1.82) is 0 Å². The number of anilines is 2. The molecule has 0 bridgehead atoms. The van der Waals surface area contributed by atoms with Gasteiger partial charge in [-0.2, -0.15) is 4.98 Å². The highest BCUT2D eigenvalue weighted by Crippen LogP contribution is 2.43. The highest BCUT2D eigenvalue weighted by Gasteiger charge is 2.39. The first-order valence-electron chi connectivity index (χ1n) is 9.88. The number of rotatable bonds is 3.